The van der Waals surface area contributed by atoms with Crippen molar-refractivity contribution in [3.63, 3.8) is 0 Å². The Morgan fingerprint density at radius 2 is 0.410 bits per heavy atom. The van der Waals surface area contributed by atoms with Gasteiger partial charge < -0.3 is 46.0 Å². The van der Waals surface area contributed by atoms with Crippen molar-refractivity contribution in [2.24, 2.45) is 15.0 Å². The summed E-state index contributed by atoms with van der Waals surface area (Å²) in [5.74, 6) is 34.5. The number of phenolic OH excluding ortho intramolecular Hbond substituents is 3. The van der Waals surface area contributed by atoms with Crippen LogP contribution in [-0.2, 0) is 16.2 Å². The molecule has 105 heavy (non-hydrogen) atoms. The molecule has 0 aliphatic carbocycles. The van der Waals surface area contributed by atoms with Crippen molar-refractivity contribution >= 4 is 35.7 Å². The molecule has 0 heterocycles. The maximum absolute atomic E-state index is 13.0. The van der Waals surface area contributed by atoms with E-state index < -0.39 is 70.1 Å². The Morgan fingerprint density at radius 1 is 0.257 bits per heavy atom. The van der Waals surface area contributed by atoms with E-state index in [1.165, 1.54) is 18.6 Å². The summed E-state index contributed by atoms with van der Waals surface area (Å²) in [7, 11) is 0. The molecular formula is C93H81N3O9. The van der Waals surface area contributed by atoms with Crippen LogP contribution in [0.25, 0.3) is 0 Å². The van der Waals surface area contributed by atoms with Crippen molar-refractivity contribution in [3.05, 3.63) is 319 Å². The van der Waals surface area contributed by atoms with Gasteiger partial charge in [-0.3, -0.25) is 15.0 Å². The molecule has 0 saturated heterocycles. The summed E-state index contributed by atoms with van der Waals surface area (Å²) in [5.41, 5.74) is 4.86. The molecule has 0 spiro atoms. The van der Waals surface area contributed by atoms with Crippen molar-refractivity contribution in [3.8, 4) is 88.3 Å². The van der Waals surface area contributed by atoms with Crippen molar-refractivity contribution in [1.29, 1.82) is 0 Å². The molecule has 10 rings (SSSR count). The Morgan fingerprint density at radius 3 is 0.552 bits per heavy atom. The van der Waals surface area contributed by atoms with E-state index in [4.69, 9.17) is 15.0 Å². The highest BCUT2D eigenvalue weighted by Crippen LogP contribution is 2.43. The summed E-state index contributed by atoms with van der Waals surface area (Å²) in [6.45, 7) is 18.1. The van der Waals surface area contributed by atoms with Crippen LogP contribution in [0.2, 0.25) is 0 Å². The van der Waals surface area contributed by atoms with Gasteiger partial charge >= 0.3 is 0 Å². The zero-order valence-electron chi connectivity index (χ0n) is 59.8. The van der Waals surface area contributed by atoms with Crippen LogP contribution in [0.15, 0.2) is 233 Å². The van der Waals surface area contributed by atoms with Gasteiger partial charge in [-0.2, -0.15) is 0 Å². The first kappa shape index (κ1) is 75.4. The molecule has 9 N–H and O–H groups in total. The fourth-order valence-corrected chi connectivity index (χ4v) is 10.9. The number of aliphatic hydroxyl groups is 6. The minimum Gasteiger partial charge on any atom is -0.506 e. The van der Waals surface area contributed by atoms with Gasteiger partial charge in [0.2, 0.25) is 0 Å². The first-order valence-electron chi connectivity index (χ1n) is 34.2. The van der Waals surface area contributed by atoms with Crippen molar-refractivity contribution in [2.75, 3.05) is 0 Å². The number of aromatic hydroxyl groups is 3. The van der Waals surface area contributed by atoms with Gasteiger partial charge in [0.15, 0.2) is 0 Å². The fraction of sp³-hybridized carbons (Fsp3) is 0.194. The number of hydrogen-bond acceptors (Lipinski definition) is 12. The van der Waals surface area contributed by atoms with Crippen molar-refractivity contribution in [1.82, 2.24) is 0 Å². The molecule has 12 heteroatoms. The number of benzene rings is 10. The predicted octanol–water partition coefficient (Wildman–Crippen LogP) is 16.5. The Balaban J connectivity index is 1.27. The lowest BCUT2D eigenvalue weighted by atomic mass is 9.84. The minimum atomic E-state index is -1.25. The highest BCUT2D eigenvalue weighted by Gasteiger charge is 2.26. The second-order valence-electron chi connectivity index (χ2n) is 28.1. The molecule has 0 bridgehead atoms. The Bertz CT molecular complexity index is 4490. The first-order valence-corrected chi connectivity index (χ1v) is 34.2. The summed E-state index contributed by atoms with van der Waals surface area (Å²) in [4.78, 5) is 15.0. The average molecular weight is 1380 g/mol. The smallest absolute Gasteiger partial charge is 0.140 e. The third kappa shape index (κ3) is 19.5. The number of hydrogen-bond donors (Lipinski definition) is 9. The molecule has 0 aliphatic rings. The molecule has 0 fully saturated rings. The first-order chi connectivity index (χ1) is 50.2. The SMILES string of the molecule is CC(C)(C)c1cc(C#CC(O)c2ccccc2)c(N=Cc2c(O)c(C=Nc3c(C#C[C@@H](O)c4ccccc4)cc(C(C)(C)C)cc3C#C[C@@H](O)c3ccccc3)c(O)c(C=Nc3c(C#C[C@@H](O)c4ccccc4)cc(C(C)(C)C)cc3C#C[C@@H](O)c3ccccc3)c2O)c(C#C[C@@H](O)c2ccccc2)c1. The van der Waals surface area contributed by atoms with E-state index in [1.54, 1.807) is 146 Å². The normalized spacial score (nSPS) is 13.2. The zero-order chi connectivity index (χ0) is 75.0. The van der Waals surface area contributed by atoms with E-state index in [2.05, 4.69) is 71.0 Å². The molecule has 12 nitrogen and oxygen atoms in total. The highest BCUT2D eigenvalue weighted by molar-refractivity contribution is 6.05. The molecule has 0 aliphatic heterocycles. The van der Waals surface area contributed by atoms with Crippen LogP contribution >= 0.6 is 0 Å². The van der Waals surface area contributed by atoms with Gasteiger partial charge in [-0.25, -0.2) is 0 Å². The lowest BCUT2D eigenvalue weighted by Gasteiger charge is -2.21. The molecule has 10 aromatic carbocycles. The standard InChI is InChI=1S/C93H81N3O9/c1-91(2,3)73-52-67(40-46-79(97)61-28-16-10-17-29-61)85(68(53-73)41-47-80(98)62-30-18-11-19-31-62)94-58-76-88(103)77(59-95-86-69(42-48-81(99)63-32-20-12-21-33-63)54-74(92(4,5)6)55-70(86)43-49-82(100)64-34-22-13-23-35-64)90(105)78(89(76)104)60-96-87-71(44-50-83(101)65-36-24-14-25-37-65)56-75(93(7,8)9)57-72(87)45-51-84(102)66-38-26-15-27-39-66/h10-39,52-60,79-84,97-105H,1-9H3/t79-,80-,81-,82-,83-,84?/m1/s1. The Labute approximate surface area is 615 Å². The molecule has 10 aromatic rings. The summed E-state index contributed by atoms with van der Waals surface area (Å²) >= 11 is 0. The molecule has 522 valence electrons. The maximum atomic E-state index is 13.0. The van der Waals surface area contributed by atoms with Crippen LogP contribution in [0.4, 0.5) is 17.1 Å². The molecular weight excluding hydrogens is 1300 g/mol. The zero-order valence-corrected chi connectivity index (χ0v) is 59.8. The van der Waals surface area contributed by atoms with E-state index in [0.29, 0.717) is 33.4 Å². The van der Waals surface area contributed by atoms with E-state index in [0.717, 1.165) is 16.7 Å². The number of aliphatic imine (C=N–C) groups is 3. The lowest BCUT2D eigenvalue weighted by molar-refractivity contribution is 0.238. The third-order valence-corrected chi connectivity index (χ3v) is 17.2. The number of aliphatic hydroxyl groups excluding tert-OH is 6. The fourth-order valence-electron chi connectivity index (χ4n) is 10.9. The summed E-state index contributed by atoms with van der Waals surface area (Å²) < 4.78 is 0. The van der Waals surface area contributed by atoms with Crippen LogP contribution in [0.3, 0.4) is 0 Å². The van der Waals surface area contributed by atoms with E-state index >= 15 is 0 Å². The minimum absolute atomic E-state index is 0.113. The van der Waals surface area contributed by atoms with Crippen LogP contribution in [0.1, 0.15) is 199 Å². The van der Waals surface area contributed by atoms with Crippen LogP contribution in [-0.4, -0.2) is 64.6 Å². The van der Waals surface area contributed by atoms with Gasteiger partial charge in [0, 0.05) is 18.6 Å². The molecule has 0 radical (unpaired) electrons. The number of phenols is 3. The highest BCUT2D eigenvalue weighted by atomic mass is 16.3. The second kappa shape index (κ2) is 33.7. The summed E-state index contributed by atoms with van der Waals surface area (Å²) in [6, 6.07) is 64.3. The average Bonchev–Trinajstić information content (AvgIpc) is 0.779. The van der Waals surface area contributed by atoms with Gasteiger partial charge in [0.25, 0.3) is 0 Å². The second-order valence-corrected chi connectivity index (χ2v) is 28.1. The van der Waals surface area contributed by atoms with Gasteiger partial charge in [0.05, 0.1) is 67.1 Å². The molecule has 0 saturated carbocycles. The van der Waals surface area contributed by atoms with Gasteiger partial charge in [-0.05, 0) is 103 Å². The molecule has 6 atom stereocenters. The topological polar surface area (TPSA) is 219 Å². The van der Waals surface area contributed by atoms with E-state index in [1.807, 2.05) is 135 Å². The molecule has 0 aromatic heterocycles. The quantitative estimate of drug-likeness (QED) is 0.0419. The number of rotatable bonds is 12. The Hall–Kier alpha value is -12.3. The largest absolute Gasteiger partial charge is 0.506 e. The van der Waals surface area contributed by atoms with Gasteiger partial charge in [-0.1, -0.05) is 315 Å². The molecule has 1 unspecified atom stereocenters. The van der Waals surface area contributed by atoms with Gasteiger partial charge in [-0.15, -0.1) is 0 Å². The van der Waals surface area contributed by atoms with Crippen molar-refractivity contribution in [2.45, 2.75) is 115 Å². The summed E-state index contributed by atoms with van der Waals surface area (Å²) in [5, 5.41) is 108. The van der Waals surface area contributed by atoms with Crippen LogP contribution < -0.4 is 0 Å². The summed E-state index contributed by atoms with van der Waals surface area (Å²) in [6.07, 6.45) is -3.98. The third-order valence-electron chi connectivity index (χ3n) is 17.2. The Kier molecular flexibility index (Phi) is 24.2. The van der Waals surface area contributed by atoms with E-state index in [-0.39, 0.29) is 67.1 Å². The maximum Gasteiger partial charge on any atom is 0.140 e. The van der Waals surface area contributed by atoms with Crippen LogP contribution in [0, 0.1) is 71.0 Å². The number of nitrogens with zero attached hydrogens (tertiary/aromatic N) is 3. The predicted molar refractivity (Wildman–Crippen MR) is 418 cm³/mol. The van der Waals surface area contributed by atoms with Crippen LogP contribution in [0.5, 0.6) is 17.2 Å². The lowest BCUT2D eigenvalue weighted by Crippen LogP contribution is -2.12. The molecule has 0 amide bonds. The van der Waals surface area contributed by atoms with E-state index in [9.17, 15) is 46.0 Å². The van der Waals surface area contributed by atoms with Crippen molar-refractivity contribution < 1.29 is 46.0 Å². The van der Waals surface area contributed by atoms with Gasteiger partial charge in [0.1, 0.15) is 53.9 Å². The monoisotopic (exact) mass is 1380 g/mol.